The summed E-state index contributed by atoms with van der Waals surface area (Å²) in [6.07, 6.45) is 0. The maximum atomic E-state index is 6.08. The van der Waals surface area contributed by atoms with Crippen molar-refractivity contribution in [1.29, 1.82) is 0 Å². The van der Waals surface area contributed by atoms with Gasteiger partial charge in [0.25, 0.3) is 0 Å². The fourth-order valence-electron chi connectivity index (χ4n) is 1.58. The van der Waals surface area contributed by atoms with Gasteiger partial charge in [0.2, 0.25) is 6.79 Å². The van der Waals surface area contributed by atoms with Crippen LogP contribution in [0.1, 0.15) is 26.3 Å². The molecule has 1 aromatic carbocycles. The summed E-state index contributed by atoms with van der Waals surface area (Å²) in [5.74, 6) is 1.33. The first-order valence-electron chi connectivity index (χ1n) is 5.61. The van der Waals surface area contributed by atoms with Crippen molar-refractivity contribution in [2.24, 2.45) is 5.41 Å². The van der Waals surface area contributed by atoms with Crippen LogP contribution in [0.5, 0.6) is 11.5 Å². The van der Waals surface area contributed by atoms with Gasteiger partial charge in [-0.3, -0.25) is 0 Å². The molecule has 1 aliphatic heterocycles. The Kier molecular flexibility index (Phi) is 3.50. The van der Waals surface area contributed by atoms with Crippen molar-refractivity contribution >= 4 is 11.6 Å². The Balaban J connectivity index is 2.00. The number of ether oxygens (including phenoxy) is 3. The van der Waals surface area contributed by atoms with Gasteiger partial charge in [-0.15, -0.1) is 0 Å². The Labute approximate surface area is 107 Å². The minimum absolute atomic E-state index is 0.167. The Morgan fingerprint density at radius 3 is 2.76 bits per heavy atom. The normalized spacial score (nSPS) is 14.1. The lowest BCUT2D eigenvalue weighted by atomic mass is 9.99. The standard InChI is InChI=1S/C13H17ClO3/c1-13(2,3)7-15-6-9-4-10(14)12-11(5-9)16-8-17-12/h4-5H,6-8H2,1-3H3. The molecule has 0 saturated heterocycles. The zero-order valence-corrected chi connectivity index (χ0v) is 11.1. The number of fused-ring (bicyclic) bond motifs is 1. The molecule has 1 heterocycles. The van der Waals surface area contributed by atoms with Crippen LogP contribution in [-0.2, 0) is 11.3 Å². The molecule has 0 aromatic heterocycles. The van der Waals surface area contributed by atoms with Crippen LogP contribution in [0.3, 0.4) is 0 Å². The van der Waals surface area contributed by atoms with Crippen LogP contribution in [0, 0.1) is 5.41 Å². The molecule has 94 valence electrons. The monoisotopic (exact) mass is 256 g/mol. The number of hydrogen-bond acceptors (Lipinski definition) is 3. The lowest BCUT2D eigenvalue weighted by Gasteiger charge is -2.18. The average molecular weight is 257 g/mol. The zero-order valence-electron chi connectivity index (χ0n) is 10.4. The third-order valence-corrected chi connectivity index (χ3v) is 2.57. The minimum atomic E-state index is 0.167. The third-order valence-electron chi connectivity index (χ3n) is 2.29. The first-order chi connectivity index (χ1) is 7.96. The third kappa shape index (κ3) is 3.27. The fourth-order valence-corrected chi connectivity index (χ4v) is 1.87. The number of hydrogen-bond donors (Lipinski definition) is 0. The van der Waals surface area contributed by atoms with E-state index in [1.165, 1.54) is 0 Å². The Bertz CT molecular complexity index is 410. The summed E-state index contributed by atoms with van der Waals surface area (Å²) in [4.78, 5) is 0. The lowest BCUT2D eigenvalue weighted by molar-refractivity contribution is 0.0598. The Morgan fingerprint density at radius 2 is 2.06 bits per heavy atom. The van der Waals surface area contributed by atoms with Gasteiger partial charge in [0, 0.05) is 0 Å². The van der Waals surface area contributed by atoms with Crippen molar-refractivity contribution in [2.75, 3.05) is 13.4 Å². The molecular formula is C13H17ClO3. The molecule has 0 saturated carbocycles. The topological polar surface area (TPSA) is 27.7 Å². The first-order valence-corrected chi connectivity index (χ1v) is 5.99. The summed E-state index contributed by atoms with van der Waals surface area (Å²) in [6.45, 7) is 7.90. The molecule has 1 aliphatic rings. The van der Waals surface area contributed by atoms with E-state index in [0.717, 1.165) is 5.56 Å². The molecule has 0 spiro atoms. The summed E-state index contributed by atoms with van der Waals surface area (Å²) >= 11 is 6.08. The van der Waals surface area contributed by atoms with E-state index in [1.807, 2.05) is 12.1 Å². The van der Waals surface area contributed by atoms with Crippen LogP contribution in [0.4, 0.5) is 0 Å². The molecule has 4 heteroatoms. The lowest BCUT2D eigenvalue weighted by Crippen LogP contribution is -2.14. The predicted molar refractivity (Wildman–Crippen MR) is 66.7 cm³/mol. The second-order valence-electron chi connectivity index (χ2n) is 5.36. The predicted octanol–water partition coefficient (Wildman–Crippen LogP) is 3.63. The fraction of sp³-hybridized carbons (Fsp3) is 0.538. The highest BCUT2D eigenvalue weighted by Gasteiger charge is 2.18. The van der Waals surface area contributed by atoms with Gasteiger partial charge in [-0.1, -0.05) is 32.4 Å². The van der Waals surface area contributed by atoms with Gasteiger partial charge in [-0.25, -0.2) is 0 Å². The maximum absolute atomic E-state index is 6.08. The molecule has 0 aliphatic carbocycles. The Hall–Kier alpha value is -0.930. The van der Waals surface area contributed by atoms with Gasteiger partial charge in [-0.05, 0) is 23.1 Å². The average Bonchev–Trinajstić information content (AvgIpc) is 2.64. The van der Waals surface area contributed by atoms with E-state index in [4.69, 9.17) is 25.8 Å². The van der Waals surface area contributed by atoms with Crippen molar-refractivity contribution in [3.63, 3.8) is 0 Å². The van der Waals surface area contributed by atoms with Gasteiger partial charge in [0.1, 0.15) is 0 Å². The van der Waals surface area contributed by atoms with Crippen LogP contribution >= 0.6 is 11.6 Å². The molecule has 1 aromatic rings. The smallest absolute Gasteiger partial charge is 0.231 e. The van der Waals surface area contributed by atoms with E-state index >= 15 is 0 Å². The van der Waals surface area contributed by atoms with Crippen molar-refractivity contribution in [3.8, 4) is 11.5 Å². The second-order valence-corrected chi connectivity index (χ2v) is 5.77. The molecular weight excluding hydrogens is 240 g/mol. The van der Waals surface area contributed by atoms with E-state index in [-0.39, 0.29) is 12.2 Å². The second kappa shape index (κ2) is 4.75. The molecule has 0 bridgehead atoms. The highest BCUT2D eigenvalue weighted by atomic mass is 35.5. The van der Waals surface area contributed by atoms with Crippen molar-refractivity contribution in [2.45, 2.75) is 27.4 Å². The molecule has 0 radical (unpaired) electrons. The van der Waals surface area contributed by atoms with Crippen LogP contribution in [0.25, 0.3) is 0 Å². The number of halogens is 1. The SMILES string of the molecule is CC(C)(C)COCc1cc(Cl)c2c(c1)OCO2. The van der Waals surface area contributed by atoms with E-state index in [9.17, 15) is 0 Å². The molecule has 3 nitrogen and oxygen atoms in total. The maximum Gasteiger partial charge on any atom is 0.231 e. The summed E-state index contributed by atoms with van der Waals surface area (Å²) in [7, 11) is 0. The zero-order chi connectivity index (χ0) is 12.5. The largest absolute Gasteiger partial charge is 0.454 e. The molecule has 0 atom stereocenters. The molecule has 0 fully saturated rings. The molecule has 0 unspecified atom stereocenters. The van der Waals surface area contributed by atoms with E-state index < -0.39 is 0 Å². The minimum Gasteiger partial charge on any atom is -0.454 e. The summed E-state index contributed by atoms with van der Waals surface area (Å²) in [5.41, 5.74) is 1.17. The van der Waals surface area contributed by atoms with Gasteiger partial charge in [0.15, 0.2) is 11.5 Å². The van der Waals surface area contributed by atoms with E-state index in [0.29, 0.717) is 29.7 Å². The Morgan fingerprint density at radius 1 is 1.29 bits per heavy atom. The number of rotatable bonds is 3. The molecule has 0 amide bonds. The summed E-state index contributed by atoms with van der Waals surface area (Å²) in [5, 5.41) is 0.578. The van der Waals surface area contributed by atoms with Crippen molar-refractivity contribution < 1.29 is 14.2 Å². The molecule has 17 heavy (non-hydrogen) atoms. The summed E-state index contributed by atoms with van der Waals surface area (Å²) < 4.78 is 16.2. The van der Waals surface area contributed by atoms with Gasteiger partial charge >= 0.3 is 0 Å². The molecule has 2 rings (SSSR count). The van der Waals surface area contributed by atoms with Crippen LogP contribution in [0.15, 0.2) is 12.1 Å². The van der Waals surface area contributed by atoms with Crippen molar-refractivity contribution in [3.05, 3.63) is 22.7 Å². The van der Waals surface area contributed by atoms with Crippen molar-refractivity contribution in [1.82, 2.24) is 0 Å². The van der Waals surface area contributed by atoms with Crippen LogP contribution in [0.2, 0.25) is 5.02 Å². The quantitative estimate of drug-likeness (QED) is 0.827. The highest BCUT2D eigenvalue weighted by Crippen LogP contribution is 2.39. The van der Waals surface area contributed by atoms with Crippen LogP contribution < -0.4 is 9.47 Å². The van der Waals surface area contributed by atoms with Gasteiger partial charge in [0.05, 0.1) is 18.2 Å². The highest BCUT2D eigenvalue weighted by molar-refractivity contribution is 6.32. The number of benzene rings is 1. The van der Waals surface area contributed by atoms with Gasteiger partial charge in [-0.2, -0.15) is 0 Å². The van der Waals surface area contributed by atoms with Gasteiger partial charge < -0.3 is 14.2 Å². The van der Waals surface area contributed by atoms with E-state index in [1.54, 1.807) is 0 Å². The summed E-state index contributed by atoms with van der Waals surface area (Å²) in [6, 6.07) is 3.77. The van der Waals surface area contributed by atoms with E-state index in [2.05, 4.69) is 20.8 Å². The molecule has 0 N–H and O–H groups in total. The first kappa shape index (κ1) is 12.5. The van der Waals surface area contributed by atoms with Crippen LogP contribution in [-0.4, -0.2) is 13.4 Å².